The number of hydrogen-bond donors (Lipinski definition) is 2. The van der Waals surface area contributed by atoms with Crippen LogP contribution in [0.2, 0.25) is 0 Å². The van der Waals surface area contributed by atoms with E-state index in [0.29, 0.717) is 44.7 Å². The fourth-order valence-corrected chi connectivity index (χ4v) is 4.73. The Morgan fingerprint density at radius 3 is 2.77 bits per heavy atom. The summed E-state index contributed by atoms with van der Waals surface area (Å²) in [5.74, 6) is 1.23. The highest BCUT2D eigenvalue weighted by molar-refractivity contribution is 7.89. The lowest BCUT2D eigenvalue weighted by molar-refractivity contribution is -0.121. The van der Waals surface area contributed by atoms with Crippen LogP contribution in [0.15, 0.2) is 24.3 Å². The number of rotatable bonds is 12. The largest absolute Gasteiger partial charge is 0.493 e. The standard InChI is InChI=1S/C21H31N3O5S/c1-16(18-6-5-7-19(14-18)29-15-17-8-9-17)23-30(27,28)13-4-2-3-11-24-12-10-20(25)22-21(24)26/h5-7,14,16-17,23H,2-4,8-13,15H2,1H3,(H,22,25,26). The number of ether oxygens (including phenoxy) is 1. The number of hydrogen-bond acceptors (Lipinski definition) is 5. The van der Waals surface area contributed by atoms with Crippen LogP contribution in [0.5, 0.6) is 5.75 Å². The maximum atomic E-state index is 12.4. The SMILES string of the molecule is CC(NS(=O)(=O)CCCCCN1CCC(=O)NC1=O)c1cccc(OCC2CC2)c1. The molecule has 1 atom stereocenters. The molecule has 0 spiro atoms. The highest BCUT2D eigenvalue weighted by atomic mass is 32.2. The normalized spacial score (nSPS) is 18.2. The molecule has 1 aromatic rings. The molecule has 1 aliphatic heterocycles. The molecule has 30 heavy (non-hydrogen) atoms. The predicted octanol–water partition coefficient (Wildman–Crippen LogP) is 2.57. The number of sulfonamides is 1. The Hall–Kier alpha value is -2.13. The van der Waals surface area contributed by atoms with E-state index >= 15 is 0 Å². The summed E-state index contributed by atoms with van der Waals surface area (Å²) in [6.45, 7) is 3.49. The number of imide groups is 1. The van der Waals surface area contributed by atoms with E-state index in [1.165, 1.54) is 12.8 Å². The molecular weight excluding hydrogens is 406 g/mol. The zero-order valence-corrected chi connectivity index (χ0v) is 18.2. The van der Waals surface area contributed by atoms with Crippen molar-refractivity contribution in [3.8, 4) is 5.75 Å². The molecule has 1 heterocycles. The van der Waals surface area contributed by atoms with Gasteiger partial charge in [-0.1, -0.05) is 18.6 Å². The highest BCUT2D eigenvalue weighted by Crippen LogP contribution is 2.30. The lowest BCUT2D eigenvalue weighted by Crippen LogP contribution is -2.49. The second-order valence-electron chi connectivity index (χ2n) is 8.14. The Bertz CT molecular complexity index is 854. The summed E-state index contributed by atoms with van der Waals surface area (Å²) < 4.78 is 33.4. The summed E-state index contributed by atoms with van der Waals surface area (Å²) in [7, 11) is -3.41. The minimum atomic E-state index is -3.41. The monoisotopic (exact) mass is 437 g/mol. The first-order chi connectivity index (χ1) is 14.3. The van der Waals surface area contributed by atoms with Gasteiger partial charge in [-0.25, -0.2) is 17.9 Å². The number of nitrogens with zero attached hydrogens (tertiary/aromatic N) is 1. The molecule has 2 aliphatic rings. The van der Waals surface area contributed by atoms with E-state index in [9.17, 15) is 18.0 Å². The van der Waals surface area contributed by atoms with Crippen molar-refractivity contribution in [1.82, 2.24) is 14.9 Å². The molecule has 8 nitrogen and oxygen atoms in total. The molecule has 9 heteroatoms. The first kappa shape index (κ1) is 22.6. The van der Waals surface area contributed by atoms with Gasteiger partial charge in [0.1, 0.15) is 5.75 Å². The lowest BCUT2D eigenvalue weighted by atomic mass is 10.1. The van der Waals surface area contributed by atoms with E-state index in [2.05, 4.69) is 10.0 Å². The van der Waals surface area contributed by atoms with E-state index in [1.54, 1.807) is 4.90 Å². The molecule has 0 aromatic heterocycles. The number of carbonyl (C=O) groups excluding carboxylic acids is 2. The van der Waals surface area contributed by atoms with E-state index in [-0.39, 0.29) is 23.7 Å². The number of nitrogens with one attached hydrogen (secondary N) is 2. The quantitative estimate of drug-likeness (QED) is 0.489. The maximum absolute atomic E-state index is 12.4. The summed E-state index contributed by atoms with van der Waals surface area (Å²) in [6.07, 6.45) is 4.67. The zero-order valence-electron chi connectivity index (χ0n) is 17.4. The number of unbranched alkanes of at least 4 members (excludes halogenated alkanes) is 2. The molecule has 0 bridgehead atoms. The third kappa shape index (κ3) is 7.28. The number of carbonyl (C=O) groups is 2. The van der Waals surface area contributed by atoms with Gasteiger partial charge in [-0.2, -0.15) is 0 Å². The molecule has 0 radical (unpaired) electrons. The molecule has 2 fully saturated rings. The average Bonchev–Trinajstić information content (AvgIpc) is 3.52. The molecule has 1 saturated heterocycles. The van der Waals surface area contributed by atoms with Gasteiger partial charge in [-0.05, 0) is 56.2 Å². The fourth-order valence-electron chi connectivity index (χ4n) is 3.35. The minimum Gasteiger partial charge on any atom is -0.493 e. The van der Waals surface area contributed by atoms with Crippen LogP contribution in [0.1, 0.15) is 57.1 Å². The third-order valence-electron chi connectivity index (χ3n) is 5.38. The minimum absolute atomic E-state index is 0.0416. The van der Waals surface area contributed by atoms with Crippen molar-refractivity contribution in [1.29, 1.82) is 0 Å². The Kier molecular flexibility index (Phi) is 7.71. The summed E-state index contributed by atoms with van der Waals surface area (Å²) in [6, 6.07) is 6.86. The lowest BCUT2D eigenvalue weighted by Gasteiger charge is -2.26. The Morgan fingerprint density at radius 2 is 2.03 bits per heavy atom. The third-order valence-corrected chi connectivity index (χ3v) is 6.92. The second-order valence-corrected chi connectivity index (χ2v) is 10.0. The number of urea groups is 1. The van der Waals surface area contributed by atoms with Gasteiger partial charge in [0.2, 0.25) is 15.9 Å². The molecule has 1 saturated carbocycles. The Balaban J connectivity index is 1.37. The topological polar surface area (TPSA) is 105 Å². The zero-order chi connectivity index (χ0) is 21.6. The van der Waals surface area contributed by atoms with Gasteiger partial charge in [0.05, 0.1) is 12.4 Å². The van der Waals surface area contributed by atoms with Crippen molar-refractivity contribution in [3.63, 3.8) is 0 Å². The van der Waals surface area contributed by atoms with Crippen molar-refractivity contribution >= 4 is 22.0 Å². The van der Waals surface area contributed by atoms with E-state index in [1.807, 2.05) is 31.2 Å². The highest BCUT2D eigenvalue weighted by Gasteiger charge is 2.23. The van der Waals surface area contributed by atoms with Gasteiger partial charge >= 0.3 is 6.03 Å². The van der Waals surface area contributed by atoms with Crippen molar-refractivity contribution in [3.05, 3.63) is 29.8 Å². The molecule has 1 aliphatic carbocycles. The Morgan fingerprint density at radius 1 is 1.23 bits per heavy atom. The van der Waals surface area contributed by atoms with E-state index < -0.39 is 10.0 Å². The fraction of sp³-hybridized carbons (Fsp3) is 0.619. The molecular formula is C21H31N3O5S. The van der Waals surface area contributed by atoms with E-state index in [0.717, 1.165) is 17.9 Å². The number of amides is 3. The predicted molar refractivity (Wildman–Crippen MR) is 114 cm³/mol. The van der Waals surface area contributed by atoms with Crippen molar-refractivity contribution in [2.24, 2.45) is 5.92 Å². The van der Waals surface area contributed by atoms with Gasteiger partial charge in [-0.3, -0.25) is 10.1 Å². The first-order valence-corrected chi connectivity index (χ1v) is 12.3. The Labute approximate surface area is 178 Å². The van der Waals surface area contributed by atoms with Gasteiger partial charge in [0, 0.05) is 25.6 Å². The molecule has 166 valence electrons. The maximum Gasteiger partial charge on any atom is 0.324 e. The van der Waals surface area contributed by atoms with Gasteiger partial charge in [-0.15, -0.1) is 0 Å². The van der Waals surface area contributed by atoms with Gasteiger partial charge < -0.3 is 9.64 Å². The average molecular weight is 438 g/mol. The van der Waals surface area contributed by atoms with Crippen LogP contribution in [-0.4, -0.2) is 50.7 Å². The molecule has 1 aromatic carbocycles. The van der Waals surface area contributed by atoms with Gasteiger partial charge in [0.15, 0.2) is 0 Å². The summed E-state index contributed by atoms with van der Waals surface area (Å²) in [5.41, 5.74) is 0.873. The van der Waals surface area contributed by atoms with Gasteiger partial charge in [0.25, 0.3) is 0 Å². The summed E-state index contributed by atoms with van der Waals surface area (Å²) in [4.78, 5) is 24.4. The molecule has 3 amide bonds. The van der Waals surface area contributed by atoms with Crippen LogP contribution < -0.4 is 14.8 Å². The van der Waals surface area contributed by atoms with Crippen molar-refractivity contribution in [2.45, 2.75) is 51.5 Å². The van der Waals surface area contributed by atoms with Crippen LogP contribution >= 0.6 is 0 Å². The smallest absolute Gasteiger partial charge is 0.324 e. The molecule has 3 rings (SSSR count). The summed E-state index contributed by atoms with van der Waals surface area (Å²) in [5, 5.41) is 2.29. The van der Waals surface area contributed by atoms with Crippen LogP contribution in [-0.2, 0) is 14.8 Å². The molecule has 1 unspecified atom stereocenters. The van der Waals surface area contributed by atoms with Crippen LogP contribution in [0, 0.1) is 5.92 Å². The number of benzene rings is 1. The van der Waals surface area contributed by atoms with Crippen molar-refractivity contribution < 1.29 is 22.7 Å². The summed E-state index contributed by atoms with van der Waals surface area (Å²) >= 11 is 0. The van der Waals surface area contributed by atoms with E-state index in [4.69, 9.17) is 4.74 Å². The van der Waals surface area contributed by atoms with Crippen LogP contribution in [0.4, 0.5) is 4.79 Å². The van der Waals surface area contributed by atoms with Crippen LogP contribution in [0.3, 0.4) is 0 Å². The second kappa shape index (κ2) is 10.3. The van der Waals surface area contributed by atoms with Crippen molar-refractivity contribution in [2.75, 3.05) is 25.4 Å². The van der Waals surface area contributed by atoms with Crippen LogP contribution in [0.25, 0.3) is 0 Å². The first-order valence-electron chi connectivity index (χ1n) is 10.6. The molecule has 2 N–H and O–H groups in total.